The third-order valence-electron chi connectivity index (χ3n) is 7.99. The second-order valence-corrected chi connectivity index (χ2v) is 13.4. The average Bonchev–Trinajstić information content (AvgIpc) is 3.40. The summed E-state index contributed by atoms with van der Waals surface area (Å²) in [5.41, 5.74) is 2.35. The van der Waals surface area contributed by atoms with E-state index in [0.29, 0.717) is 17.5 Å². The summed E-state index contributed by atoms with van der Waals surface area (Å²) < 4.78 is 0. The Labute approximate surface area is 216 Å². The molecule has 0 bridgehead atoms. The first kappa shape index (κ1) is 24.4. The van der Waals surface area contributed by atoms with Crippen LogP contribution in [0.3, 0.4) is 0 Å². The fraction of sp³-hybridized carbons (Fsp3) is 0.367. The van der Waals surface area contributed by atoms with Crippen LogP contribution in [-0.4, -0.2) is 27.5 Å². The molecule has 5 rings (SSSR count). The number of aliphatic hydroxyl groups excluding tert-OH is 1. The van der Waals surface area contributed by atoms with Gasteiger partial charge in [0.05, 0.1) is 12.1 Å². The van der Waals surface area contributed by atoms with E-state index >= 15 is 0 Å². The van der Waals surface area contributed by atoms with Gasteiger partial charge in [0, 0.05) is 17.6 Å². The number of hydrogen-bond donors (Lipinski definition) is 3. The predicted molar refractivity (Wildman–Crippen MR) is 152 cm³/mol. The zero-order valence-corrected chi connectivity index (χ0v) is 22.2. The lowest BCUT2D eigenvalue weighted by molar-refractivity contribution is 0.150. The number of hydrogen-bond acceptors (Lipinski definition) is 2. The number of aliphatic hydroxyl groups is 1. The van der Waals surface area contributed by atoms with E-state index in [2.05, 4.69) is 97.3 Å². The molecule has 35 heavy (non-hydrogen) atoms. The van der Waals surface area contributed by atoms with Crippen LogP contribution in [-0.2, 0) is 6.42 Å². The van der Waals surface area contributed by atoms with Gasteiger partial charge >= 0.3 is 0 Å². The highest BCUT2D eigenvalue weighted by molar-refractivity contribution is 7.80. The molecule has 0 heterocycles. The van der Waals surface area contributed by atoms with Crippen LogP contribution >= 0.6 is 20.1 Å². The van der Waals surface area contributed by atoms with Gasteiger partial charge in [-0.05, 0) is 67.6 Å². The van der Waals surface area contributed by atoms with Crippen LogP contribution in [0, 0.1) is 5.92 Å². The molecule has 2 aliphatic carbocycles. The first-order chi connectivity index (χ1) is 17.0. The quantitative estimate of drug-likeness (QED) is 0.321. The minimum atomic E-state index is -0.529. The molecule has 2 aliphatic rings. The highest BCUT2D eigenvalue weighted by Gasteiger charge is 2.48. The molecule has 182 valence electrons. The third kappa shape index (κ3) is 4.89. The van der Waals surface area contributed by atoms with Gasteiger partial charge in [-0.1, -0.05) is 98.3 Å². The molecule has 5 atom stereocenters. The molecule has 5 heteroatoms. The molecule has 3 aromatic rings. The molecular weight excluding hydrogens is 467 g/mol. The maximum absolute atomic E-state index is 10.7. The number of fused-ring (bicyclic) bond motifs is 1. The average molecular weight is 503 g/mol. The van der Waals surface area contributed by atoms with Crippen LogP contribution in [0.4, 0.5) is 0 Å². The van der Waals surface area contributed by atoms with Crippen LogP contribution in [0.25, 0.3) is 0 Å². The van der Waals surface area contributed by atoms with Crippen molar-refractivity contribution in [2.24, 2.45) is 5.92 Å². The summed E-state index contributed by atoms with van der Waals surface area (Å²) in [6.45, 7) is 4.78. The molecule has 1 unspecified atom stereocenters. The largest absolute Gasteiger partial charge is 0.390 e. The molecule has 0 amide bonds. The van der Waals surface area contributed by atoms with Gasteiger partial charge in [0.1, 0.15) is 0 Å². The van der Waals surface area contributed by atoms with Gasteiger partial charge in [0.25, 0.3) is 0 Å². The Balaban J connectivity index is 1.36. The van der Waals surface area contributed by atoms with Gasteiger partial charge in [-0.2, -0.15) is 0 Å². The maximum Gasteiger partial charge on any atom is 0.167 e. The predicted octanol–water partition coefficient (Wildman–Crippen LogP) is 5.19. The summed E-state index contributed by atoms with van der Waals surface area (Å²) in [6, 6.07) is 30.5. The first-order valence-electron chi connectivity index (χ1n) is 12.7. The summed E-state index contributed by atoms with van der Waals surface area (Å²) >= 11 is 5.78. The topological polar surface area (TPSA) is 44.3 Å². The Kier molecular flexibility index (Phi) is 7.25. The van der Waals surface area contributed by atoms with Crippen molar-refractivity contribution >= 4 is 35.9 Å². The van der Waals surface area contributed by atoms with Gasteiger partial charge in [0.15, 0.2) is 5.11 Å². The SMILES string of the molecule is C[C@@H](NC(=S)N[C@H]1c2ccccc2C[C@@H]1O)[C@@H]1CCCC1(C)P(c1ccccc1)c1ccccc1. The Morgan fingerprint density at radius 2 is 1.57 bits per heavy atom. The van der Waals surface area contributed by atoms with E-state index in [9.17, 15) is 5.11 Å². The van der Waals surface area contributed by atoms with Crippen LogP contribution in [0.1, 0.15) is 50.3 Å². The molecule has 3 nitrogen and oxygen atoms in total. The van der Waals surface area contributed by atoms with Gasteiger partial charge in [-0.15, -0.1) is 0 Å². The molecule has 0 saturated heterocycles. The van der Waals surface area contributed by atoms with E-state index < -0.39 is 14.0 Å². The Morgan fingerprint density at radius 3 is 2.23 bits per heavy atom. The van der Waals surface area contributed by atoms with Crippen molar-refractivity contribution in [3.05, 3.63) is 96.1 Å². The molecule has 3 aromatic carbocycles. The van der Waals surface area contributed by atoms with E-state index in [1.54, 1.807) is 0 Å². The van der Waals surface area contributed by atoms with E-state index in [-0.39, 0.29) is 17.2 Å². The minimum absolute atomic E-state index is 0.154. The molecule has 0 radical (unpaired) electrons. The summed E-state index contributed by atoms with van der Waals surface area (Å²) in [6.07, 6.45) is 3.86. The smallest absolute Gasteiger partial charge is 0.167 e. The van der Waals surface area contributed by atoms with Gasteiger partial charge in [-0.3, -0.25) is 0 Å². The molecule has 0 aliphatic heterocycles. The fourth-order valence-corrected chi connectivity index (χ4v) is 10.2. The second-order valence-electron chi connectivity index (χ2n) is 10.2. The standard InChI is InChI=1S/C30H35N2OPS/c1-21(31-29(35)32-28-25-17-10-9-12-22(25)20-27(28)33)26-18-11-19-30(26,2)34(23-13-5-3-6-14-23)24-15-7-4-8-16-24/h3-10,12-17,21,26-28,33H,11,18-20H2,1-2H3,(H2,31,32,35)/t21-,26+,27+,28+,30?/m1/s1. The Morgan fingerprint density at radius 1 is 0.971 bits per heavy atom. The number of rotatable bonds is 6. The Bertz CT molecular complexity index is 1120. The lowest BCUT2D eigenvalue weighted by Gasteiger charge is -2.43. The summed E-state index contributed by atoms with van der Waals surface area (Å²) in [5, 5.41) is 21.4. The first-order valence-corrected chi connectivity index (χ1v) is 14.5. The van der Waals surface area contributed by atoms with Crippen LogP contribution < -0.4 is 21.2 Å². The molecule has 1 fully saturated rings. The summed E-state index contributed by atoms with van der Waals surface area (Å²) in [4.78, 5) is 0. The van der Waals surface area contributed by atoms with Crippen LogP contribution in [0.15, 0.2) is 84.9 Å². The Hall–Kier alpha value is -2.26. The summed E-state index contributed by atoms with van der Waals surface area (Å²) in [7, 11) is -0.529. The van der Waals surface area contributed by atoms with Crippen molar-refractivity contribution in [1.82, 2.24) is 10.6 Å². The molecule has 0 aromatic heterocycles. The van der Waals surface area contributed by atoms with Crippen LogP contribution in [0.5, 0.6) is 0 Å². The molecule has 0 spiro atoms. The highest BCUT2D eigenvalue weighted by Crippen LogP contribution is 2.59. The monoisotopic (exact) mass is 502 g/mol. The molecule has 3 N–H and O–H groups in total. The fourth-order valence-electron chi connectivity index (χ4n) is 6.37. The van der Waals surface area contributed by atoms with Gasteiger partial charge < -0.3 is 15.7 Å². The van der Waals surface area contributed by atoms with Gasteiger partial charge in [0.2, 0.25) is 0 Å². The summed E-state index contributed by atoms with van der Waals surface area (Å²) in [5.74, 6) is 0.495. The minimum Gasteiger partial charge on any atom is -0.390 e. The lowest BCUT2D eigenvalue weighted by atomic mass is 9.90. The highest BCUT2D eigenvalue weighted by atomic mass is 32.1. The van der Waals surface area contributed by atoms with Crippen molar-refractivity contribution in [3.63, 3.8) is 0 Å². The number of nitrogens with one attached hydrogen (secondary N) is 2. The number of thiocarbonyl (C=S) groups is 1. The zero-order valence-electron chi connectivity index (χ0n) is 20.5. The zero-order chi connectivity index (χ0) is 24.4. The van der Waals surface area contributed by atoms with E-state index in [1.165, 1.54) is 35.4 Å². The van der Waals surface area contributed by atoms with E-state index in [0.717, 1.165) is 5.56 Å². The van der Waals surface area contributed by atoms with Crippen LogP contribution in [0.2, 0.25) is 0 Å². The van der Waals surface area contributed by atoms with E-state index in [4.69, 9.17) is 12.2 Å². The van der Waals surface area contributed by atoms with Crippen molar-refractivity contribution in [1.29, 1.82) is 0 Å². The van der Waals surface area contributed by atoms with Crippen molar-refractivity contribution in [2.75, 3.05) is 0 Å². The second kappa shape index (κ2) is 10.4. The van der Waals surface area contributed by atoms with Crippen molar-refractivity contribution in [2.45, 2.75) is 62.9 Å². The third-order valence-corrected chi connectivity index (χ3v) is 11.4. The number of benzene rings is 3. The van der Waals surface area contributed by atoms with E-state index in [1.807, 2.05) is 12.1 Å². The van der Waals surface area contributed by atoms with Crippen molar-refractivity contribution < 1.29 is 5.11 Å². The normalized spacial score (nSPS) is 26.3. The lowest BCUT2D eigenvalue weighted by Crippen LogP contribution is -2.50. The van der Waals surface area contributed by atoms with Gasteiger partial charge in [-0.25, -0.2) is 0 Å². The maximum atomic E-state index is 10.7. The molecular formula is C30H35N2OPS. The molecule has 1 saturated carbocycles. The van der Waals surface area contributed by atoms with Crippen molar-refractivity contribution in [3.8, 4) is 0 Å².